The second kappa shape index (κ2) is 6.72. The lowest BCUT2D eigenvalue weighted by Crippen LogP contribution is -2.38. The predicted octanol–water partition coefficient (Wildman–Crippen LogP) is 1.40. The number of hydrogen-bond donors (Lipinski definition) is 1. The Bertz CT molecular complexity index is 208. The first-order valence-corrected chi connectivity index (χ1v) is 7.43. The molecule has 0 aromatic rings. The number of nitrogens with zero attached hydrogens (tertiary/aromatic N) is 2. The van der Waals surface area contributed by atoms with E-state index in [0.29, 0.717) is 0 Å². The SMILES string of the molecule is CCN(CCNCC1CCN(C)CC1)C1CC1. The zero-order chi connectivity index (χ0) is 12.1. The van der Waals surface area contributed by atoms with Crippen LogP contribution in [0.1, 0.15) is 32.6 Å². The molecule has 0 bridgehead atoms. The highest BCUT2D eigenvalue weighted by Crippen LogP contribution is 2.25. The molecule has 2 rings (SSSR count). The van der Waals surface area contributed by atoms with Gasteiger partial charge in [-0.3, -0.25) is 4.90 Å². The molecule has 3 heteroatoms. The second-order valence-corrected chi connectivity index (χ2v) is 5.81. The number of rotatable bonds is 7. The van der Waals surface area contributed by atoms with Crippen molar-refractivity contribution in [3.63, 3.8) is 0 Å². The van der Waals surface area contributed by atoms with E-state index in [1.165, 1.54) is 65.0 Å². The molecular formula is C14H29N3. The van der Waals surface area contributed by atoms with Gasteiger partial charge in [0, 0.05) is 19.1 Å². The molecule has 0 atom stereocenters. The first kappa shape index (κ1) is 13.3. The van der Waals surface area contributed by atoms with Crippen LogP contribution in [0.25, 0.3) is 0 Å². The lowest BCUT2D eigenvalue weighted by Gasteiger charge is -2.29. The summed E-state index contributed by atoms with van der Waals surface area (Å²) in [5, 5.41) is 3.66. The Labute approximate surface area is 107 Å². The largest absolute Gasteiger partial charge is 0.315 e. The van der Waals surface area contributed by atoms with Gasteiger partial charge in [0.15, 0.2) is 0 Å². The van der Waals surface area contributed by atoms with Gasteiger partial charge in [-0.15, -0.1) is 0 Å². The monoisotopic (exact) mass is 239 g/mol. The maximum Gasteiger partial charge on any atom is 0.0110 e. The molecule has 0 radical (unpaired) electrons. The van der Waals surface area contributed by atoms with E-state index < -0.39 is 0 Å². The Kier molecular flexibility index (Phi) is 5.26. The minimum Gasteiger partial charge on any atom is -0.315 e. The summed E-state index contributed by atoms with van der Waals surface area (Å²) in [6.07, 6.45) is 5.62. The van der Waals surface area contributed by atoms with Crippen molar-refractivity contribution in [1.82, 2.24) is 15.1 Å². The van der Waals surface area contributed by atoms with E-state index in [-0.39, 0.29) is 0 Å². The van der Waals surface area contributed by atoms with Gasteiger partial charge in [-0.2, -0.15) is 0 Å². The van der Waals surface area contributed by atoms with Crippen molar-refractivity contribution in [2.45, 2.75) is 38.6 Å². The number of likely N-dealkylation sites (tertiary alicyclic amines) is 1. The van der Waals surface area contributed by atoms with Crippen LogP contribution in [-0.2, 0) is 0 Å². The topological polar surface area (TPSA) is 18.5 Å². The molecule has 1 N–H and O–H groups in total. The molecule has 0 unspecified atom stereocenters. The Morgan fingerprint density at radius 1 is 1.18 bits per heavy atom. The molecule has 0 amide bonds. The van der Waals surface area contributed by atoms with Crippen LogP contribution >= 0.6 is 0 Å². The number of likely N-dealkylation sites (N-methyl/N-ethyl adjacent to an activating group) is 1. The third-order valence-electron chi connectivity index (χ3n) is 4.32. The van der Waals surface area contributed by atoms with Crippen molar-refractivity contribution in [2.24, 2.45) is 5.92 Å². The van der Waals surface area contributed by atoms with E-state index in [4.69, 9.17) is 0 Å². The molecule has 2 fully saturated rings. The lowest BCUT2D eigenvalue weighted by atomic mass is 9.97. The van der Waals surface area contributed by atoms with Gasteiger partial charge in [0.1, 0.15) is 0 Å². The van der Waals surface area contributed by atoms with Crippen molar-refractivity contribution < 1.29 is 0 Å². The Morgan fingerprint density at radius 3 is 2.47 bits per heavy atom. The third kappa shape index (κ3) is 4.57. The van der Waals surface area contributed by atoms with E-state index in [1.807, 2.05) is 0 Å². The van der Waals surface area contributed by atoms with Crippen LogP contribution in [0.15, 0.2) is 0 Å². The zero-order valence-electron chi connectivity index (χ0n) is 11.6. The summed E-state index contributed by atoms with van der Waals surface area (Å²) in [6.45, 7) is 9.74. The summed E-state index contributed by atoms with van der Waals surface area (Å²) >= 11 is 0. The molecule has 1 saturated carbocycles. The third-order valence-corrected chi connectivity index (χ3v) is 4.32. The average Bonchev–Trinajstić information content (AvgIpc) is 3.16. The molecule has 2 aliphatic rings. The van der Waals surface area contributed by atoms with Crippen molar-refractivity contribution in [3.05, 3.63) is 0 Å². The van der Waals surface area contributed by atoms with Gasteiger partial charge >= 0.3 is 0 Å². The summed E-state index contributed by atoms with van der Waals surface area (Å²) in [5.74, 6) is 0.919. The van der Waals surface area contributed by atoms with Crippen LogP contribution < -0.4 is 5.32 Å². The van der Waals surface area contributed by atoms with Crippen LogP contribution in [0, 0.1) is 5.92 Å². The molecule has 0 spiro atoms. The highest BCUT2D eigenvalue weighted by atomic mass is 15.2. The number of piperidine rings is 1. The minimum absolute atomic E-state index is 0.919. The normalized spacial score (nSPS) is 23.5. The van der Waals surface area contributed by atoms with E-state index in [0.717, 1.165) is 12.0 Å². The molecule has 1 saturated heterocycles. The average molecular weight is 239 g/mol. The van der Waals surface area contributed by atoms with Crippen molar-refractivity contribution in [1.29, 1.82) is 0 Å². The van der Waals surface area contributed by atoms with Crippen LogP contribution in [0.5, 0.6) is 0 Å². The quantitative estimate of drug-likeness (QED) is 0.678. The van der Waals surface area contributed by atoms with E-state index in [9.17, 15) is 0 Å². The molecule has 3 nitrogen and oxygen atoms in total. The molecule has 17 heavy (non-hydrogen) atoms. The van der Waals surface area contributed by atoms with Crippen LogP contribution in [-0.4, -0.2) is 62.2 Å². The Hall–Kier alpha value is -0.120. The van der Waals surface area contributed by atoms with Gasteiger partial charge in [-0.05, 0) is 64.8 Å². The molecule has 0 aromatic carbocycles. The van der Waals surface area contributed by atoms with E-state index >= 15 is 0 Å². The fourth-order valence-electron chi connectivity index (χ4n) is 2.83. The second-order valence-electron chi connectivity index (χ2n) is 5.81. The summed E-state index contributed by atoms with van der Waals surface area (Å²) < 4.78 is 0. The summed E-state index contributed by atoms with van der Waals surface area (Å²) in [4.78, 5) is 5.07. The molecule has 100 valence electrons. The predicted molar refractivity (Wildman–Crippen MR) is 73.4 cm³/mol. The van der Waals surface area contributed by atoms with E-state index in [2.05, 4.69) is 29.1 Å². The fraction of sp³-hybridized carbons (Fsp3) is 1.00. The van der Waals surface area contributed by atoms with Gasteiger partial charge < -0.3 is 10.2 Å². The van der Waals surface area contributed by atoms with Gasteiger partial charge in [0.2, 0.25) is 0 Å². The van der Waals surface area contributed by atoms with Gasteiger partial charge in [0.25, 0.3) is 0 Å². The Balaban J connectivity index is 1.50. The molecule has 1 heterocycles. The smallest absolute Gasteiger partial charge is 0.0110 e. The molecule has 1 aliphatic heterocycles. The highest BCUT2D eigenvalue weighted by Gasteiger charge is 2.27. The summed E-state index contributed by atoms with van der Waals surface area (Å²) in [6, 6.07) is 0.921. The fourth-order valence-corrected chi connectivity index (χ4v) is 2.83. The Morgan fingerprint density at radius 2 is 1.88 bits per heavy atom. The molecular weight excluding hydrogens is 210 g/mol. The van der Waals surface area contributed by atoms with E-state index in [1.54, 1.807) is 0 Å². The van der Waals surface area contributed by atoms with Crippen molar-refractivity contribution >= 4 is 0 Å². The van der Waals surface area contributed by atoms with Gasteiger partial charge in [0.05, 0.1) is 0 Å². The first-order valence-electron chi connectivity index (χ1n) is 7.43. The van der Waals surface area contributed by atoms with Crippen molar-refractivity contribution in [2.75, 3.05) is 46.3 Å². The summed E-state index contributed by atoms with van der Waals surface area (Å²) in [5.41, 5.74) is 0. The molecule has 0 aromatic heterocycles. The minimum atomic E-state index is 0.919. The zero-order valence-corrected chi connectivity index (χ0v) is 11.6. The number of hydrogen-bond acceptors (Lipinski definition) is 3. The summed E-state index contributed by atoms with van der Waals surface area (Å²) in [7, 11) is 2.23. The van der Waals surface area contributed by atoms with Crippen molar-refractivity contribution in [3.8, 4) is 0 Å². The standard InChI is InChI=1S/C14H29N3/c1-3-17(14-4-5-14)11-8-15-12-13-6-9-16(2)10-7-13/h13-15H,3-12H2,1-2H3. The maximum atomic E-state index is 3.66. The highest BCUT2D eigenvalue weighted by molar-refractivity contribution is 4.84. The van der Waals surface area contributed by atoms with Crippen LogP contribution in [0.4, 0.5) is 0 Å². The maximum absolute atomic E-state index is 3.66. The van der Waals surface area contributed by atoms with Crippen LogP contribution in [0.2, 0.25) is 0 Å². The lowest BCUT2D eigenvalue weighted by molar-refractivity contribution is 0.212. The first-order chi connectivity index (χ1) is 8.29. The van der Waals surface area contributed by atoms with Crippen LogP contribution in [0.3, 0.4) is 0 Å². The van der Waals surface area contributed by atoms with Gasteiger partial charge in [-0.1, -0.05) is 6.92 Å². The molecule has 1 aliphatic carbocycles. The number of nitrogens with one attached hydrogen (secondary N) is 1. The van der Waals surface area contributed by atoms with Gasteiger partial charge in [-0.25, -0.2) is 0 Å².